The van der Waals surface area contributed by atoms with Gasteiger partial charge in [0, 0.05) is 5.39 Å². The Morgan fingerprint density at radius 2 is 1.71 bits per heavy atom. The second-order valence-corrected chi connectivity index (χ2v) is 6.24. The molecule has 1 unspecified atom stereocenters. The Morgan fingerprint density at radius 3 is 2.62 bits per heavy atom. The molecule has 1 aliphatic rings. The van der Waals surface area contributed by atoms with E-state index >= 15 is 0 Å². The summed E-state index contributed by atoms with van der Waals surface area (Å²) in [6.07, 6.45) is 0. The first-order valence-corrected chi connectivity index (χ1v) is 8.23. The van der Waals surface area contributed by atoms with Gasteiger partial charge in [-0.25, -0.2) is 4.99 Å². The number of alkyl halides is 1. The van der Waals surface area contributed by atoms with Crippen LogP contribution >= 0.6 is 11.6 Å². The van der Waals surface area contributed by atoms with E-state index in [1.165, 1.54) is 10.8 Å². The van der Waals surface area contributed by atoms with Crippen molar-refractivity contribution in [2.45, 2.75) is 5.62 Å². The summed E-state index contributed by atoms with van der Waals surface area (Å²) in [7, 11) is 0. The van der Waals surface area contributed by atoms with Crippen molar-refractivity contribution in [3.8, 4) is 0 Å². The number of nitrogens with zero attached hydrogens (tertiary/aromatic N) is 1. The Hall–Kier alpha value is -2.78. The van der Waals surface area contributed by atoms with E-state index in [-0.39, 0.29) is 0 Å². The molecule has 3 nitrogen and oxygen atoms in total. The zero-order chi connectivity index (χ0) is 16.1. The van der Waals surface area contributed by atoms with Gasteiger partial charge in [-0.3, -0.25) is 0 Å². The van der Waals surface area contributed by atoms with Crippen LogP contribution in [0.4, 0.5) is 0 Å². The number of halogens is 1. The molecule has 0 spiro atoms. The number of para-hydroxylation sites is 1. The van der Waals surface area contributed by atoms with Gasteiger partial charge in [-0.1, -0.05) is 66.2 Å². The smallest absolute Gasteiger partial charge is 0.228 e. The van der Waals surface area contributed by atoms with Gasteiger partial charge < -0.3 is 9.73 Å². The summed E-state index contributed by atoms with van der Waals surface area (Å²) < 4.78 is 5.89. The van der Waals surface area contributed by atoms with E-state index in [1.807, 2.05) is 36.4 Å². The molecule has 1 atom stereocenters. The van der Waals surface area contributed by atoms with Crippen LogP contribution in [-0.4, -0.2) is 5.62 Å². The molecule has 116 valence electrons. The molecule has 0 radical (unpaired) electrons. The first-order valence-electron chi connectivity index (χ1n) is 7.79. The van der Waals surface area contributed by atoms with Gasteiger partial charge in [0.15, 0.2) is 5.62 Å². The summed E-state index contributed by atoms with van der Waals surface area (Å²) in [6, 6.07) is 22.7. The zero-order valence-corrected chi connectivity index (χ0v) is 13.4. The standard InChI is InChI=1S/C20H13ClN2O/c21-20-22-18(14-10-9-12-5-1-2-6-13(12)11-14)17-15-7-3-4-8-16(15)24-19(17)23-20/h1-11,20,22H. The van der Waals surface area contributed by atoms with Crippen LogP contribution in [0.3, 0.4) is 0 Å². The number of rotatable bonds is 1. The third-order valence-electron chi connectivity index (χ3n) is 4.36. The SMILES string of the molecule is ClC1N=c2oc3ccccc3c2=C(c2ccc3ccccc3c2)N1. The molecule has 4 aromatic rings. The molecule has 0 amide bonds. The molecule has 0 saturated heterocycles. The van der Waals surface area contributed by atoms with Crippen LogP contribution in [0.15, 0.2) is 76.1 Å². The summed E-state index contributed by atoms with van der Waals surface area (Å²) in [5.74, 6) is 0. The Kier molecular flexibility index (Phi) is 2.91. The highest BCUT2D eigenvalue weighted by molar-refractivity contribution is 6.20. The van der Waals surface area contributed by atoms with Crippen molar-refractivity contribution in [1.82, 2.24) is 5.32 Å². The Labute approximate surface area is 142 Å². The van der Waals surface area contributed by atoms with Gasteiger partial charge in [-0.2, -0.15) is 0 Å². The summed E-state index contributed by atoms with van der Waals surface area (Å²) >= 11 is 6.28. The lowest BCUT2D eigenvalue weighted by molar-refractivity contribution is 0.528. The minimum absolute atomic E-state index is 0.542. The Balaban J connectivity index is 1.90. The lowest BCUT2D eigenvalue weighted by Gasteiger charge is -2.16. The van der Waals surface area contributed by atoms with Crippen LogP contribution in [0.2, 0.25) is 0 Å². The first-order chi connectivity index (χ1) is 11.8. The number of hydrogen-bond donors (Lipinski definition) is 1. The topological polar surface area (TPSA) is 37.5 Å². The number of hydrogen-bond acceptors (Lipinski definition) is 3. The van der Waals surface area contributed by atoms with E-state index in [2.05, 4.69) is 40.6 Å². The van der Waals surface area contributed by atoms with Gasteiger partial charge >= 0.3 is 0 Å². The van der Waals surface area contributed by atoms with E-state index < -0.39 is 5.62 Å². The number of fused-ring (bicyclic) bond motifs is 4. The summed E-state index contributed by atoms with van der Waals surface area (Å²) in [5, 5.41) is 7.69. The van der Waals surface area contributed by atoms with Crippen LogP contribution in [0.5, 0.6) is 0 Å². The van der Waals surface area contributed by atoms with E-state index in [0.717, 1.165) is 27.4 Å². The minimum atomic E-state index is -0.542. The normalized spacial score (nSPS) is 16.7. The van der Waals surface area contributed by atoms with Crippen LogP contribution in [0.1, 0.15) is 5.56 Å². The van der Waals surface area contributed by atoms with E-state index in [0.29, 0.717) is 5.55 Å². The van der Waals surface area contributed by atoms with Crippen LogP contribution in [0.25, 0.3) is 27.4 Å². The average Bonchev–Trinajstić information content (AvgIpc) is 2.98. The van der Waals surface area contributed by atoms with Crippen molar-refractivity contribution in [1.29, 1.82) is 0 Å². The molecule has 2 heterocycles. The van der Waals surface area contributed by atoms with Crippen molar-refractivity contribution < 1.29 is 4.42 Å². The largest absolute Gasteiger partial charge is 0.438 e. The maximum Gasteiger partial charge on any atom is 0.228 e. The van der Waals surface area contributed by atoms with Crippen LogP contribution < -0.4 is 16.1 Å². The second-order valence-electron chi connectivity index (χ2n) is 5.82. The highest BCUT2D eigenvalue weighted by Crippen LogP contribution is 2.21. The summed E-state index contributed by atoms with van der Waals surface area (Å²) in [6.45, 7) is 0. The molecule has 1 aromatic heterocycles. The van der Waals surface area contributed by atoms with E-state index in [4.69, 9.17) is 16.0 Å². The van der Waals surface area contributed by atoms with Crippen molar-refractivity contribution in [2.24, 2.45) is 4.99 Å². The Bertz CT molecular complexity index is 1210. The van der Waals surface area contributed by atoms with Crippen molar-refractivity contribution in [3.63, 3.8) is 0 Å². The lowest BCUT2D eigenvalue weighted by Crippen LogP contribution is -2.39. The molecule has 5 rings (SSSR count). The van der Waals surface area contributed by atoms with Gasteiger partial charge in [0.2, 0.25) is 5.55 Å². The molecular formula is C20H13ClN2O. The number of nitrogens with one attached hydrogen (secondary N) is 1. The van der Waals surface area contributed by atoms with Gasteiger partial charge in [-0.15, -0.1) is 0 Å². The fourth-order valence-corrected chi connectivity index (χ4v) is 3.46. The van der Waals surface area contributed by atoms with Crippen molar-refractivity contribution in [2.75, 3.05) is 0 Å². The summed E-state index contributed by atoms with van der Waals surface area (Å²) in [5.41, 5.74) is 2.88. The predicted molar refractivity (Wildman–Crippen MR) is 96.2 cm³/mol. The molecule has 0 aliphatic carbocycles. The zero-order valence-electron chi connectivity index (χ0n) is 12.7. The van der Waals surface area contributed by atoms with Gasteiger partial charge in [0.1, 0.15) is 5.58 Å². The van der Waals surface area contributed by atoms with Crippen molar-refractivity contribution in [3.05, 3.63) is 83.1 Å². The van der Waals surface area contributed by atoms with Crippen molar-refractivity contribution >= 4 is 39.0 Å². The molecule has 0 saturated carbocycles. The van der Waals surface area contributed by atoms with E-state index in [1.54, 1.807) is 0 Å². The highest BCUT2D eigenvalue weighted by atomic mass is 35.5. The molecule has 4 heteroatoms. The molecule has 0 fully saturated rings. The summed E-state index contributed by atoms with van der Waals surface area (Å²) in [4.78, 5) is 4.39. The van der Waals surface area contributed by atoms with Crippen LogP contribution in [-0.2, 0) is 0 Å². The molecule has 0 bridgehead atoms. The molecule has 24 heavy (non-hydrogen) atoms. The maximum atomic E-state index is 6.28. The fraction of sp³-hybridized carbons (Fsp3) is 0.0500. The molecule has 1 aliphatic heterocycles. The van der Waals surface area contributed by atoms with Gasteiger partial charge in [0.25, 0.3) is 0 Å². The van der Waals surface area contributed by atoms with E-state index in [9.17, 15) is 0 Å². The van der Waals surface area contributed by atoms with Crippen LogP contribution in [0, 0.1) is 0 Å². The quantitative estimate of drug-likeness (QED) is 0.428. The second kappa shape index (κ2) is 5.11. The minimum Gasteiger partial charge on any atom is -0.438 e. The van der Waals surface area contributed by atoms with Gasteiger partial charge in [-0.05, 0) is 28.5 Å². The number of furan rings is 1. The monoisotopic (exact) mass is 332 g/mol. The molecule has 1 N–H and O–H groups in total. The lowest BCUT2D eigenvalue weighted by atomic mass is 10.0. The third-order valence-corrected chi connectivity index (χ3v) is 4.57. The third kappa shape index (κ3) is 2.02. The Morgan fingerprint density at radius 1 is 0.917 bits per heavy atom. The van der Waals surface area contributed by atoms with Gasteiger partial charge in [0.05, 0.1) is 10.9 Å². The number of benzene rings is 3. The molecular weight excluding hydrogens is 320 g/mol. The highest BCUT2D eigenvalue weighted by Gasteiger charge is 2.18. The average molecular weight is 333 g/mol. The molecule has 3 aromatic carbocycles. The fourth-order valence-electron chi connectivity index (χ4n) is 3.26. The first kappa shape index (κ1) is 13.6. The maximum absolute atomic E-state index is 6.28. The predicted octanol–water partition coefficient (Wildman–Crippen LogP) is 3.49.